The van der Waals surface area contributed by atoms with E-state index >= 15 is 0 Å². The number of primary sulfonamides is 1. The Balaban J connectivity index is 2.61. The zero-order valence-corrected chi connectivity index (χ0v) is 9.38. The summed E-state index contributed by atoms with van der Waals surface area (Å²) in [4.78, 5) is 0. The Morgan fingerprint density at radius 1 is 1.07 bits per heavy atom. The number of nitrogens with two attached hydrogens (primary N) is 1. The molecule has 2 rings (SSSR count). The first-order valence-corrected chi connectivity index (χ1v) is 6.67. The molecule has 0 unspecified atom stereocenters. The maximum absolute atomic E-state index is 11.3. The van der Waals surface area contributed by atoms with E-state index in [1.807, 2.05) is 30.3 Å². The molecule has 0 bridgehead atoms. The first kappa shape index (κ1) is 10.4. The van der Waals surface area contributed by atoms with Crippen LogP contribution in [0.15, 0.2) is 46.0 Å². The van der Waals surface area contributed by atoms with Crippen molar-refractivity contribution in [1.82, 2.24) is 0 Å². The van der Waals surface area contributed by atoms with Gasteiger partial charge in [-0.3, -0.25) is 0 Å². The molecule has 0 aliphatic carbocycles. The van der Waals surface area contributed by atoms with Crippen LogP contribution in [-0.2, 0) is 10.0 Å². The van der Waals surface area contributed by atoms with E-state index in [-0.39, 0.29) is 4.21 Å². The molecule has 1 aromatic carbocycles. The predicted octanol–water partition coefficient (Wildman–Crippen LogP) is 2.06. The molecule has 0 radical (unpaired) electrons. The summed E-state index contributed by atoms with van der Waals surface area (Å²) < 4.78 is 22.8. The summed E-state index contributed by atoms with van der Waals surface area (Å²) in [6.07, 6.45) is 0. The van der Waals surface area contributed by atoms with E-state index in [1.54, 1.807) is 11.4 Å². The van der Waals surface area contributed by atoms with E-state index in [4.69, 9.17) is 5.14 Å². The van der Waals surface area contributed by atoms with Gasteiger partial charge in [0.2, 0.25) is 10.0 Å². The SMILES string of the molecule is NS(=O)(=O)c1sccc1-c1ccccc1. The lowest BCUT2D eigenvalue weighted by molar-refractivity contribution is 0.600. The Morgan fingerprint density at radius 3 is 2.33 bits per heavy atom. The minimum Gasteiger partial charge on any atom is -0.224 e. The monoisotopic (exact) mass is 239 g/mol. The largest absolute Gasteiger partial charge is 0.248 e. The van der Waals surface area contributed by atoms with E-state index in [0.29, 0.717) is 5.56 Å². The van der Waals surface area contributed by atoms with E-state index in [9.17, 15) is 8.42 Å². The first-order chi connectivity index (χ1) is 7.09. The molecule has 0 saturated heterocycles. The summed E-state index contributed by atoms with van der Waals surface area (Å²) >= 11 is 1.14. The zero-order chi connectivity index (χ0) is 10.9. The number of thiophene rings is 1. The van der Waals surface area contributed by atoms with E-state index < -0.39 is 10.0 Å². The zero-order valence-electron chi connectivity index (χ0n) is 7.75. The standard InChI is InChI=1S/C10H9NO2S2/c11-15(12,13)10-9(6-7-14-10)8-4-2-1-3-5-8/h1-7H,(H2,11,12,13). The van der Waals surface area contributed by atoms with Crippen molar-refractivity contribution in [3.05, 3.63) is 41.8 Å². The van der Waals surface area contributed by atoms with Crippen molar-refractivity contribution in [3.8, 4) is 11.1 Å². The molecule has 0 amide bonds. The number of benzene rings is 1. The molecule has 2 N–H and O–H groups in total. The van der Waals surface area contributed by atoms with Gasteiger partial charge in [0, 0.05) is 5.56 Å². The fraction of sp³-hybridized carbons (Fsp3) is 0. The third-order valence-electron chi connectivity index (χ3n) is 1.97. The summed E-state index contributed by atoms with van der Waals surface area (Å²) in [5, 5.41) is 6.85. The molecule has 0 saturated carbocycles. The molecule has 5 heteroatoms. The summed E-state index contributed by atoms with van der Waals surface area (Å²) in [5.74, 6) is 0. The highest BCUT2D eigenvalue weighted by atomic mass is 32.2. The van der Waals surface area contributed by atoms with Crippen molar-refractivity contribution in [2.45, 2.75) is 4.21 Å². The molecule has 1 heterocycles. The second-order valence-corrected chi connectivity index (χ2v) is 5.71. The summed E-state index contributed by atoms with van der Waals surface area (Å²) in [6.45, 7) is 0. The van der Waals surface area contributed by atoms with Crippen molar-refractivity contribution in [2.75, 3.05) is 0 Å². The van der Waals surface area contributed by atoms with Crippen molar-refractivity contribution < 1.29 is 8.42 Å². The van der Waals surface area contributed by atoms with Crippen molar-refractivity contribution in [3.63, 3.8) is 0 Å². The number of hydrogen-bond donors (Lipinski definition) is 1. The molecule has 78 valence electrons. The Labute approximate surface area is 92.2 Å². The molecule has 2 aromatic rings. The lowest BCUT2D eigenvalue weighted by Gasteiger charge is -2.01. The summed E-state index contributed by atoms with van der Waals surface area (Å²) in [7, 11) is -3.62. The van der Waals surface area contributed by atoms with Crippen LogP contribution in [0, 0.1) is 0 Å². The smallest absolute Gasteiger partial charge is 0.224 e. The van der Waals surface area contributed by atoms with Gasteiger partial charge in [-0.1, -0.05) is 30.3 Å². The maximum Gasteiger partial charge on any atom is 0.248 e. The molecule has 0 fully saturated rings. The average molecular weight is 239 g/mol. The topological polar surface area (TPSA) is 60.2 Å². The van der Waals surface area contributed by atoms with Crippen LogP contribution in [0.5, 0.6) is 0 Å². The van der Waals surface area contributed by atoms with Crippen molar-refractivity contribution in [1.29, 1.82) is 0 Å². The minimum absolute atomic E-state index is 0.216. The molecule has 1 aromatic heterocycles. The van der Waals surface area contributed by atoms with E-state index in [0.717, 1.165) is 16.9 Å². The third-order valence-corrected chi connectivity index (χ3v) is 4.40. The third kappa shape index (κ3) is 2.09. The first-order valence-electron chi connectivity index (χ1n) is 4.25. The van der Waals surface area contributed by atoms with E-state index in [1.165, 1.54) is 0 Å². The Kier molecular flexibility index (Phi) is 2.60. The van der Waals surface area contributed by atoms with Crippen molar-refractivity contribution in [2.24, 2.45) is 5.14 Å². The number of sulfonamides is 1. The van der Waals surface area contributed by atoms with Crippen LogP contribution in [0.4, 0.5) is 0 Å². The van der Waals surface area contributed by atoms with Gasteiger partial charge in [0.05, 0.1) is 0 Å². The fourth-order valence-corrected chi connectivity index (χ4v) is 3.18. The molecule has 0 spiro atoms. The summed E-state index contributed by atoms with van der Waals surface area (Å²) in [6, 6.07) is 11.1. The Morgan fingerprint density at radius 2 is 1.73 bits per heavy atom. The maximum atomic E-state index is 11.3. The normalized spacial score (nSPS) is 11.5. The molecule has 15 heavy (non-hydrogen) atoms. The highest BCUT2D eigenvalue weighted by Crippen LogP contribution is 2.30. The van der Waals surface area contributed by atoms with Gasteiger partial charge in [0.1, 0.15) is 4.21 Å². The van der Waals surface area contributed by atoms with Gasteiger partial charge in [-0.2, -0.15) is 0 Å². The van der Waals surface area contributed by atoms with Crippen LogP contribution >= 0.6 is 11.3 Å². The highest BCUT2D eigenvalue weighted by molar-refractivity contribution is 7.91. The van der Waals surface area contributed by atoms with Gasteiger partial charge in [0.25, 0.3) is 0 Å². The lowest BCUT2D eigenvalue weighted by atomic mass is 10.1. The molecule has 0 aliphatic heterocycles. The van der Waals surface area contributed by atoms with Crippen molar-refractivity contribution >= 4 is 21.4 Å². The van der Waals surface area contributed by atoms with Gasteiger partial charge in [0.15, 0.2) is 0 Å². The van der Waals surface area contributed by atoms with Crippen LogP contribution in [0.3, 0.4) is 0 Å². The molecular weight excluding hydrogens is 230 g/mol. The number of rotatable bonds is 2. The van der Waals surface area contributed by atoms with Crippen LogP contribution in [-0.4, -0.2) is 8.42 Å². The lowest BCUT2D eigenvalue weighted by Crippen LogP contribution is -2.11. The fourth-order valence-electron chi connectivity index (χ4n) is 1.35. The Hall–Kier alpha value is -1.17. The van der Waals surface area contributed by atoms with Gasteiger partial charge in [-0.25, -0.2) is 13.6 Å². The predicted molar refractivity (Wildman–Crippen MR) is 61.1 cm³/mol. The Bertz CT molecular complexity index is 558. The average Bonchev–Trinajstić information content (AvgIpc) is 2.67. The molecule has 0 aliphatic rings. The molecule has 0 atom stereocenters. The van der Waals surface area contributed by atoms with Crippen LogP contribution in [0.1, 0.15) is 0 Å². The van der Waals surface area contributed by atoms with Gasteiger partial charge in [-0.05, 0) is 17.0 Å². The minimum atomic E-state index is -3.62. The molecule has 3 nitrogen and oxygen atoms in total. The highest BCUT2D eigenvalue weighted by Gasteiger charge is 2.16. The molecular formula is C10H9NO2S2. The van der Waals surface area contributed by atoms with Gasteiger partial charge >= 0.3 is 0 Å². The second-order valence-electron chi connectivity index (χ2n) is 3.03. The number of hydrogen-bond acceptors (Lipinski definition) is 3. The van der Waals surface area contributed by atoms with Gasteiger partial charge < -0.3 is 0 Å². The van der Waals surface area contributed by atoms with Crippen LogP contribution in [0.25, 0.3) is 11.1 Å². The van der Waals surface area contributed by atoms with Gasteiger partial charge in [-0.15, -0.1) is 11.3 Å². The van der Waals surface area contributed by atoms with Crippen LogP contribution in [0.2, 0.25) is 0 Å². The quantitative estimate of drug-likeness (QED) is 0.872. The van der Waals surface area contributed by atoms with Crippen LogP contribution < -0.4 is 5.14 Å². The second kappa shape index (κ2) is 3.77. The van der Waals surface area contributed by atoms with E-state index in [2.05, 4.69) is 0 Å². The summed E-state index contributed by atoms with van der Waals surface area (Å²) in [5.41, 5.74) is 1.53.